The number of carboxylic acids is 1. The van der Waals surface area contributed by atoms with Gasteiger partial charge in [-0.1, -0.05) is 13.8 Å². The molecule has 0 radical (unpaired) electrons. The SMILES string of the molecule is CCC(N)(CC)C(=O)N1CCN(CC(=O)O)CC1. The maximum absolute atomic E-state index is 12.3. The normalized spacial score (nSPS) is 17.8. The Morgan fingerprint density at radius 1 is 1.17 bits per heavy atom. The first kappa shape index (κ1) is 14.9. The van der Waals surface area contributed by atoms with E-state index >= 15 is 0 Å². The molecule has 1 saturated heterocycles. The van der Waals surface area contributed by atoms with Crippen LogP contribution < -0.4 is 5.73 Å². The molecule has 0 saturated carbocycles. The molecule has 0 unspecified atom stereocenters. The topological polar surface area (TPSA) is 86.9 Å². The van der Waals surface area contributed by atoms with Crippen molar-refractivity contribution in [1.82, 2.24) is 9.80 Å². The maximum atomic E-state index is 12.3. The molecule has 1 rings (SSSR count). The van der Waals surface area contributed by atoms with E-state index in [0.717, 1.165) is 0 Å². The van der Waals surface area contributed by atoms with Crippen molar-refractivity contribution in [2.45, 2.75) is 32.2 Å². The Balaban J connectivity index is 2.52. The Bertz CT molecular complexity index is 308. The Labute approximate surface area is 108 Å². The van der Waals surface area contributed by atoms with Crippen molar-refractivity contribution >= 4 is 11.9 Å². The zero-order valence-electron chi connectivity index (χ0n) is 11.2. The van der Waals surface area contributed by atoms with Crippen molar-refractivity contribution in [3.63, 3.8) is 0 Å². The highest BCUT2D eigenvalue weighted by Gasteiger charge is 2.35. The second-order valence-electron chi connectivity index (χ2n) is 4.83. The first-order valence-electron chi connectivity index (χ1n) is 6.45. The molecule has 18 heavy (non-hydrogen) atoms. The van der Waals surface area contributed by atoms with E-state index in [4.69, 9.17) is 10.8 Å². The predicted molar refractivity (Wildman–Crippen MR) is 68.2 cm³/mol. The molecule has 0 aliphatic carbocycles. The van der Waals surface area contributed by atoms with Gasteiger partial charge in [0.1, 0.15) is 0 Å². The minimum absolute atomic E-state index is 0.0116. The zero-order chi connectivity index (χ0) is 13.8. The summed E-state index contributed by atoms with van der Waals surface area (Å²) in [6, 6.07) is 0. The van der Waals surface area contributed by atoms with Gasteiger partial charge in [-0.25, -0.2) is 0 Å². The molecule has 0 aromatic carbocycles. The average Bonchev–Trinajstić information content (AvgIpc) is 2.37. The summed E-state index contributed by atoms with van der Waals surface area (Å²) in [5, 5.41) is 8.70. The summed E-state index contributed by atoms with van der Waals surface area (Å²) >= 11 is 0. The largest absolute Gasteiger partial charge is 0.480 e. The summed E-state index contributed by atoms with van der Waals surface area (Å²) in [4.78, 5) is 26.5. The van der Waals surface area contributed by atoms with Gasteiger partial charge in [0, 0.05) is 26.2 Å². The highest BCUT2D eigenvalue weighted by atomic mass is 16.4. The Morgan fingerprint density at radius 3 is 2.06 bits per heavy atom. The van der Waals surface area contributed by atoms with Crippen LogP contribution >= 0.6 is 0 Å². The van der Waals surface area contributed by atoms with E-state index < -0.39 is 11.5 Å². The second-order valence-corrected chi connectivity index (χ2v) is 4.83. The minimum atomic E-state index is -0.829. The number of rotatable bonds is 5. The van der Waals surface area contributed by atoms with E-state index in [9.17, 15) is 9.59 Å². The first-order chi connectivity index (χ1) is 8.42. The number of carbonyl (C=O) groups is 2. The molecule has 1 aliphatic rings. The van der Waals surface area contributed by atoms with E-state index in [1.165, 1.54) is 0 Å². The van der Waals surface area contributed by atoms with E-state index in [1.807, 2.05) is 18.7 Å². The fraction of sp³-hybridized carbons (Fsp3) is 0.833. The van der Waals surface area contributed by atoms with Gasteiger partial charge < -0.3 is 15.7 Å². The highest BCUT2D eigenvalue weighted by molar-refractivity contribution is 5.86. The number of hydrogen-bond donors (Lipinski definition) is 2. The molecule has 0 atom stereocenters. The number of piperazine rings is 1. The molecule has 1 amide bonds. The van der Waals surface area contributed by atoms with Crippen molar-refractivity contribution < 1.29 is 14.7 Å². The molecule has 1 aliphatic heterocycles. The number of carboxylic acid groups (broad SMARTS) is 1. The molecule has 104 valence electrons. The third kappa shape index (κ3) is 3.43. The van der Waals surface area contributed by atoms with E-state index in [0.29, 0.717) is 39.0 Å². The van der Waals surface area contributed by atoms with Crippen molar-refractivity contribution in [2.75, 3.05) is 32.7 Å². The fourth-order valence-electron chi connectivity index (χ4n) is 2.17. The van der Waals surface area contributed by atoms with Crippen LogP contribution in [0, 0.1) is 0 Å². The number of amides is 1. The lowest BCUT2D eigenvalue weighted by Gasteiger charge is -2.38. The average molecular weight is 257 g/mol. The van der Waals surface area contributed by atoms with Gasteiger partial charge in [0.15, 0.2) is 0 Å². The first-order valence-corrected chi connectivity index (χ1v) is 6.45. The van der Waals surface area contributed by atoms with Gasteiger partial charge in [-0.2, -0.15) is 0 Å². The number of carbonyl (C=O) groups excluding carboxylic acids is 1. The summed E-state index contributed by atoms with van der Waals surface area (Å²) < 4.78 is 0. The molecule has 3 N–H and O–H groups in total. The zero-order valence-corrected chi connectivity index (χ0v) is 11.2. The van der Waals surface area contributed by atoms with Crippen molar-refractivity contribution in [3.8, 4) is 0 Å². The summed E-state index contributed by atoms with van der Waals surface area (Å²) in [7, 11) is 0. The van der Waals surface area contributed by atoms with Gasteiger partial charge in [0.05, 0.1) is 12.1 Å². The standard InChI is InChI=1S/C12H23N3O3/c1-3-12(13,4-2)11(18)15-7-5-14(6-8-15)9-10(16)17/h3-9,13H2,1-2H3,(H,16,17). The third-order valence-corrected chi connectivity index (χ3v) is 3.71. The Hall–Kier alpha value is -1.14. The Kier molecular flexibility index (Phi) is 5.10. The monoisotopic (exact) mass is 257 g/mol. The van der Waals surface area contributed by atoms with Crippen molar-refractivity contribution in [2.24, 2.45) is 5.73 Å². The van der Waals surface area contributed by atoms with Crippen LogP contribution in [0.1, 0.15) is 26.7 Å². The van der Waals surface area contributed by atoms with Gasteiger partial charge in [0.25, 0.3) is 0 Å². The lowest BCUT2D eigenvalue weighted by atomic mass is 9.92. The van der Waals surface area contributed by atoms with Crippen LogP contribution in [0.4, 0.5) is 0 Å². The van der Waals surface area contributed by atoms with Crippen LogP contribution in [0.25, 0.3) is 0 Å². The molecule has 1 heterocycles. The van der Waals surface area contributed by atoms with Crippen LogP contribution in [0.5, 0.6) is 0 Å². The van der Waals surface area contributed by atoms with Crippen LogP contribution in [0.2, 0.25) is 0 Å². The smallest absolute Gasteiger partial charge is 0.317 e. The maximum Gasteiger partial charge on any atom is 0.317 e. The van der Waals surface area contributed by atoms with E-state index in [2.05, 4.69) is 0 Å². The molecule has 6 nitrogen and oxygen atoms in total. The van der Waals surface area contributed by atoms with Gasteiger partial charge in [0.2, 0.25) is 5.91 Å². The molecular weight excluding hydrogens is 234 g/mol. The molecule has 1 fully saturated rings. The lowest BCUT2D eigenvalue weighted by molar-refractivity contribution is -0.141. The molecule has 6 heteroatoms. The second kappa shape index (κ2) is 6.15. The molecular formula is C12H23N3O3. The molecule has 0 aromatic rings. The van der Waals surface area contributed by atoms with E-state index in [1.54, 1.807) is 4.90 Å². The van der Waals surface area contributed by atoms with Gasteiger partial charge in [-0.3, -0.25) is 14.5 Å². The summed E-state index contributed by atoms with van der Waals surface area (Å²) in [6.07, 6.45) is 1.25. The number of nitrogens with two attached hydrogens (primary N) is 1. The number of aliphatic carboxylic acids is 1. The van der Waals surface area contributed by atoms with Crippen LogP contribution in [-0.2, 0) is 9.59 Å². The van der Waals surface area contributed by atoms with Gasteiger partial charge >= 0.3 is 5.97 Å². The predicted octanol–water partition coefficient (Wildman–Crippen LogP) is -0.267. The third-order valence-electron chi connectivity index (χ3n) is 3.71. The Morgan fingerprint density at radius 2 is 1.67 bits per heavy atom. The fourth-order valence-corrected chi connectivity index (χ4v) is 2.17. The minimum Gasteiger partial charge on any atom is -0.480 e. The summed E-state index contributed by atoms with van der Waals surface area (Å²) in [6.45, 7) is 6.20. The van der Waals surface area contributed by atoms with E-state index in [-0.39, 0.29) is 12.5 Å². The van der Waals surface area contributed by atoms with Crippen LogP contribution in [-0.4, -0.2) is 65.0 Å². The number of nitrogens with zero attached hydrogens (tertiary/aromatic N) is 2. The quantitative estimate of drug-likeness (QED) is 0.708. The number of hydrogen-bond acceptors (Lipinski definition) is 4. The van der Waals surface area contributed by atoms with Crippen LogP contribution in [0.15, 0.2) is 0 Å². The van der Waals surface area contributed by atoms with Gasteiger partial charge in [-0.05, 0) is 12.8 Å². The highest BCUT2D eigenvalue weighted by Crippen LogP contribution is 2.16. The van der Waals surface area contributed by atoms with Crippen molar-refractivity contribution in [1.29, 1.82) is 0 Å². The molecule has 0 bridgehead atoms. The van der Waals surface area contributed by atoms with Crippen LogP contribution in [0.3, 0.4) is 0 Å². The summed E-state index contributed by atoms with van der Waals surface area (Å²) in [5.41, 5.74) is 5.32. The van der Waals surface area contributed by atoms with Gasteiger partial charge in [-0.15, -0.1) is 0 Å². The molecule has 0 aromatic heterocycles. The molecule has 0 spiro atoms. The summed E-state index contributed by atoms with van der Waals surface area (Å²) in [5.74, 6) is -0.840. The van der Waals surface area contributed by atoms with Crippen molar-refractivity contribution in [3.05, 3.63) is 0 Å². The lowest BCUT2D eigenvalue weighted by Crippen LogP contribution is -2.59.